The quantitative estimate of drug-likeness (QED) is 0.725. The van der Waals surface area contributed by atoms with E-state index in [9.17, 15) is 13.0 Å². The summed E-state index contributed by atoms with van der Waals surface area (Å²) in [5.74, 6) is -2.88. The van der Waals surface area contributed by atoms with Gasteiger partial charge in [-0.15, -0.1) is 0 Å². The van der Waals surface area contributed by atoms with E-state index in [1.165, 1.54) is 0 Å². The van der Waals surface area contributed by atoms with Crippen molar-refractivity contribution in [1.29, 1.82) is 0 Å². The summed E-state index contributed by atoms with van der Waals surface area (Å²) >= 11 is -2.72. The Labute approximate surface area is 69.5 Å². The maximum Gasteiger partial charge on any atom is 0.357 e. The first-order valence-corrected chi connectivity index (χ1v) is 3.87. The van der Waals surface area contributed by atoms with Crippen LogP contribution in [-0.4, -0.2) is 8.76 Å². The Kier molecular flexibility index (Phi) is 2.72. The summed E-state index contributed by atoms with van der Waals surface area (Å²) in [5.41, 5.74) is 0. The van der Waals surface area contributed by atoms with Crippen LogP contribution in [0.3, 0.4) is 0 Å². The molecule has 0 amide bonds. The summed E-state index contributed by atoms with van der Waals surface area (Å²) < 4.78 is 47.4. The third-order valence-electron chi connectivity index (χ3n) is 1.07. The minimum atomic E-state index is -2.72. The van der Waals surface area contributed by atoms with Gasteiger partial charge >= 0.3 is 11.4 Å². The van der Waals surface area contributed by atoms with Crippen molar-refractivity contribution < 1.29 is 21.7 Å². The first-order chi connectivity index (χ1) is 5.61. The number of hydrogen-bond acceptors (Lipinski definition) is 2. The summed E-state index contributed by atoms with van der Waals surface area (Å²) in [6.07, 6.45) is 0. The van der Waals surface area contributed by atoms with E-state index in [0.29, 0.717) is 0 Å². The second-order valence-electron chi connectivity index (χ2n) is 1.85. The van der Waals surface area contributed by atoms with Crippen LogP contribution in [0.5, 0.6) is 5.75 Å². The van der Waals surface area contributed by atoms with E-state index in [4.69, 9.17) is 4.55 Å². The third kappa shape index (κ3) is 1.99. The fourth-order valence-electron chi connectivity index (χ4n) is 0.633. The van der Waals surface area contributed by atoms with Crippen molar-refractivity contribution in [3.63, 3.8) is 0 Å². The predicted molar refractivity (Wildman–Crippen MR) is 37.8 cm³/mol. The monoisotopic (exact) mass is 194 g/mol. The molecule has 0 fully saturated rings. The number of halogens is 2. The van der Waals surface area contributed by atoms with Crippen LogP contribution in [0, 0.1) is 11.6 Å². The molecule has 0 spiro atoms. The molecule has 0 aliphatic heterocycles. The van der Waals surface area contributed by atoms with Crippen LogP contribution in [0.4, 0.5) is 8.78 Å². The maximum atomic E-state index is 12.6. The second-order valence-corrected chi connectivity index (χ2v) is 2.45. The highest BCUT2D eigenvalue weighted by Gasteiger charge is 2.11. The van der Waals surface area contributed by atoms with E-state index in [-0.39, 0.29) is 0 Å². The second kappa shape index (κ2) is 3.59. The van der Waals surface area contributed by atoms with Gasteiger partial charge in [-0.2, -0.15) is 4.21 Å². The van der Waals surface area contributed by atoms with Crippen molar-refractivity contribution >= 4 is 11.4 Å². The smallest absolute Gasteiger partial charge is 0.357 e. The van der Waals surface area contributed by atoms with Gasteiger partial charge in [-0.1, -0.05) is 6.07 Å². The first-order valence-electron chi connectivity index (χ1n) is 2.84. The van der Waals surface area contributed by atoms with Gasteiger partial charge in [-0.05, 0) is 12.1 Å². The van der Waals surface area contributed by atoms with E-state index in [2.05, 4.69) is 4.18 Å². The molecule has 1 unspecified atom stereocenters. The predicted octanol–water partition coefficient (Wildman–Crippen LogP) is 1.48. The molecule has 0 bridgehead atoms. The van der Waals surface area contributed by atoms with Crippen molar-refractivity contribution in [2.75, 3.05) is 0 Å². The Bertz CT molecular complexity index is 295. The Morgan fingerprint density at radius 2 is 1.83 bits per heavy atom. The lowest BCUT2D eigenvalue weighted by atomic mass is 10.3. The van der Waals surface area contributed by atoms with E-state index >= 15 is 0 Å². The van der Waals surface area contributed by atoms with Crippen LogP contribution >= 0.6 is 0 Å². The highest BCUT2D eigenvalue weighted by Crippen LogP contribution is 2.20. The molecule has 6 heteroatoms. The van der Waals surface area contributed by atoms with Crippen molar-refractivity contribution in [2.24, 2.45) is 0 Å². The van der Waals surface area contributed by atoms with E-state index < -0.39 is 28.7 Å². The number of rotatable bonds is 2. The normalized spacial score (nSPS) is 12.6. The third-order valence-corrected chi connectivity index (χ3v) is 1.38. The number of hydrogen-bond donors (Lipinski definition) is 1. The molecule has 3 nitrogen and oxygen atoms in total. The lowest BCUT2D eigenvalue weighted by Gasteiger charge is -2.01. The van der Waals surface area contributed by atoms with Crippen LogP contribution in [0.2, 0.25) is 0 Å². The minimum Gasteiger partial charge on any atom is -0.374 e. The van der Waals surface area contributed by atoms with Crippen LogP contribution in [0.25, 0.3) is 0 Å². The van der Waals surface area contributed by atoms with Gasteiger partial charge in [-0.25, -0.2) is 8.78 Å². The molecule has 1 aromatic carbocycles. The molecule has 0 aromatic heterocycles. The van der Waals surface area contributed by atoms with Gasteiger partial charge in [0, 0.05) is 0 Å². The number of para-hydroxylation sites is 1. The molecule has 12 heavy (non-hydrogen) atoms. The summed E-state index contributed by atoms with van der Waals surface area (Å²) in [7, 11) is 0. The first kappa shape index (κ1) is 9.08. The van der Waals surface area contributed by atoms with E-state index in [0.717, 1.165) is 18.2 Å². The Balaban J connectivity index is 3.04. The van der Waals surface area contributed by atoms with Gasteiger partial charge in [0.05, 0.1) is 0 Å². The topological polar surface area (TPSA) is 46.5 Å². The van der Waals surface area contributed by atoms with Crippen molar-refractivity contribution in [3.05, 3.63) is 29.8 Å². The Morgan fingerprint density at radius 3 is 2.25 bits per heavy atom. The van der Waals surface area contributed by atoms with Gasteiger partial charge in [0.25, 0.3) is 0 Å². The van der Waals surface area contributed by atoms with Gasteiger partial charge in [0.15, 0.2) is 11.6 Å². The zero-order chi connectivity index (χ0) is 9.14. The molecular formula is C6H4F2O3S. The van der Waals surface area contributed by atoms with Crippen molar-refractivity contribution in [3.8, 4) is 5.75 Å². The summed E-state index contributed by atoms with van der Waals surface area (Å²) in [6.45, 7) is 0. The molecule has 1 rings (SSSR count). The van der Waals surface area contributed by atoms with E-state index in [1.807, 2.05) is 0 Å². The molecule has 66 valence electrons. The minimum absolute atomic E-state index is 0.849. The highest BCUT2D eigenvalue weighted by atomic mass is 32.2. The summed E-state index contributed by atoms with van der Waals surface area (Å²) in [6, 6.07) is 2.97. The largest absolute Gasteiger partial charge is 0.374 e. The maximum absolute atomic E-state index is 12.6. The zero-order valence-corrected chi connectivity index (χ0v) is 6.48. The molecular weight excluding hydrogens is 190 g/mol. The van der Waals surface area contributed by atoms with Crippen LogP contribution in [0.1, 0.15) is 0 Å². The fraction of sp³-hybridized carbons (Fsp3) is 0. The average Bonchev–Trinajstić information content (AvgIpc) is 1.97. The van der Waals surface area contributed by atoms with Crippen LogP contribution in [-0.2, 0) is 11.4 Å². The van der Waals surface area contributed by atoms with Gasteiger partial charge < -0.3 is 4.18 Å². The molecule has 0 saturated heterocycles. The lowest BCUT2D eigenvalue weighted by Crippen LogP contribution is -2.01. The summed E-state index contributed by atoms with van der Waals surface area (Å²) in [5, 5.41) is 0. The average molecular weight is 194 g/mol. The molecule has 1 atom stereocenters. The van der Waals surface area contributed by atoms with Crippen LogP contribution < -0.4 is 4.18 Å². The fourth-order valence-corrected chi connectivity index (χ4v) is 0.935. The Hall–Kier alpha value is -1.01. The zero-order valence-electron chi connectivity index (χ0n) is 5.66. The summed E-state index contributed by atoms with van der Waals surface area (Å²) in [4.78, 5) is 0. The van der Waals surface area contributed by atoms with Crippen LogP contribution in [0.15, 0.2) is 18.2 Å². The molecule has 1 N–H and O–H groups in total. The van der Waals surface area contributed by atoms with Crippen molar-refractivity contribution in [2.45, 2.75) is 0 Å². The molecule has 1 aromatic rings. The van der Waals surface area contributed by atoms with E-state index in [1.54, 1.807) is 0 Å². The molecule has 0 aliphatic carbocycles. The molecule has 0 heterocycles. The lowest BCUT2D eigenvalue weighted by molar-refractivity contribution is 0.417. The van der Waals surface area contributed by atoms with Crippen molar-refractivity contribution in [1.82, 2.24) is 0 Å². The van der Waals surface area contributed by atoms with Gasteiger partial charge in [-0.3, -0.25) is 4.55 Å². The standard InChI is InChI=1S/C6H4F2O3S/c7-4-2-1-3-5(8)6(4)11-12(9)10/h1-3H,(H,9,10). The molecule has 0 aliphatic rings. The van der Waals surface area contributed by atoms with Gasteiger partial charge in [0.1, 0.15) is 0 Å². The molecule has 0 radical (unpaired) electrons. The van der Waals surface area contributed by atoms with Gasteiger partial charge in [0.2, 0.25) is 5.75 Å². The number of benzene rings is 1. The molecule has 0 saturated carbocycles. The SMILES string of the molecule is O=S(O)Oc1c(F)cccc1F. The Morgan fingerprint density at radius 1 is 1.33 bits per heavy atom. The highest BCUT2D eigenvalue weighted by molar-refractivity contribution is 7.74.